The van der Waals surface area contributed by atoms with E-state index in [1.165, 1.54) is 0 Å². The molecule has 0 aliphatic heterocycles. The SMILES string of the molecule is CCCOc1ccc(-c2ncc(CCN)[nH]2)cc1OC. The molecule has 0 unspecified atom stereocenters. The number of nitrogens with two attached hydrogens (primary N) is 1. The van der Waals surface area contributed by atoms with E-state index in [-0.39, 0.29) is 0 Å². The van der Waals surface area contributed by atoms with E-state index in [4.69, 9.17) is 15.2 Å². The van der Waals surface area contributed by atoms with Crippen molar-refractivity contribution in [2.75, 3.05) is 20.3 Å². The van der Waals surface area contributed by atoms with E-state index in [0.29, 0.717) is 18.9 Å². The quantitative estimate of drug-likeness (QED) is 0.813. The first-order valence-electron chi connectivity index (χ1n) is 6.83. The second kappa shape index (κ2) is 6.96. The molecule has 108 valence electrons. The number of imidazole rings is 1. The molecule has 3 N–H and O–H groups in total. The number of aromatic amines is 1. The molecule has 0 aliphatic rings. The van der Waals surface area contributed by atoms with Crippen LogP contribution in [0.2, 0.25) is 0 Å². The van der Waals surface area contributed by atoms with E-state index in [0.717, 1.165) is 35.7 Å². The molecule has 0 amide bonds. The van der Waals surface area contributed by atoms with Crippen LogP contribution in [0.4, 0.5) is 0 Å². The number of H-pyrrole nitrogens is 1. The van der Waals surface area contributed by atoms with Gasteiger partial charge in [-0.25, -0.2) is 4.98 Å². The molecule has 5 nitrogen and oxygen atoms in total. The van der Waals surface area contributed by atoms with E-state index in [1.54, 1.807) is 7.11 Å². The number of ether oxygens (including phenoxy) is 2. The molecule has 1 aromatic heterocycles. The minimum Gasteiger partial charge on any atom is -0.493 e. The fourth-order valence-electron chi connectivity index (χ4n) is 1.93. The van der Waals surface area contributed by atoms with Crippen LogP contribution < -0.4 is 15.2 Å². The number of benzene rings is 1. The third-order valence-electron chi connectivity index (χ3n) is 2.94. The third kappa shape index (κ3) is 3.30. The van der Waals surface area contributed by atoms with Gasteiger partial charge >= 0.3 is 0 Å². The van der Waals surface area contributed by atoms with Gasteiger partial charge in [-0.15, -0.1) is 0 Å². The van der Waals surface area contributed by atoms with Crippen LogP contribution in [0.5, 0.6) is 11.5 Å². The Kier molecular flexibility index (Phi) is 5.01. The van der Waals surface area contributed by atoms with Crippen LogP contribution in [-0.2, 0) is 6.42 Å². The van der Waals surface area contributed by atoms with Gasteiger partial charge in [-0.1, -0.05) is 6.92 Å². The Balaban J connectivity index is 2.23. The Bertz CT molecular complexity index is 552. The van der Waals surface area contributed by atoms with Gasteiger partial charge in [0, 0.05) is 23.9 Å². The van der Waals surface area contributed by atoms with Gasteiger partial charge in [-0.05, 0) is 31.2 Å². The summed E-state index contributed by atoms with van der Waals surface area (Å²) in [6.07, 6.45) is 3.57. The highest BCUT2D eigenvalue weighted by molar-refractivity contribution is 5.61. The van der Waals surface area contributed by atoms with Crippen molar-refractivity contribution in [1.29, 1.82) is 0 Å². The highest BCUT2D eigenvalue weighted by atomic mass is 16.5. The first kappa shape index (κ1) is 14.4. The lowest BCUT2D eigenvalue weighted by molar-refractivity contribution is 0.294. The standard InChI is InChI=1S/C15H21N3O2/c1-3-8-20-13-5-4-11(9-14(13)19-2)15-17-10-12(18-15)6-7-16/h4-5,9-10H,3,6-8,16H2,1-2H3,(H,17,18). The lowest BCUT2D eigenvalue weighted by atomic mass is 10.2. The summed E-state index contributed by atoms with van der Waals surface area (Å²) in [5, 5.41) is 0. The molecule has 0 bridgehead atoms. The minimum atomic E-state index is 0.606. The summed E-state index contributed by atoms with van der Waals surface area (Å²) in [5.41, 5.74) is 7.54. The first-order valence-corrected chi connectivity index (χ1v) is 6.83. The van der Waals surface area contributed by atoms with E-state index >= 15 is 0 Å². The Morgan fingerprint density at radius 3 is 2.85 bits per heavy atom. The molecule has 2 aromatic rings. The van der Waals surface area contributed by atoms with Crippen molar-refractivity contribution in [3.05, 3.63) is 30.1 Å². The smallest absolute Gasteiger partial charge is 0.161 e. The van der Waals surface area contributed by atoms with Gasteiger partial charge in [0.2, 0.25) is 0 Å². The zero-order chi connectivity index (χ0) is 14.4. The fourth-order valence-corrected chi connectivity index (χ4v) is 1.93. The van der Waals surface area contributed by atoms with Crippen molar-refractivity contribution in [3.8, 4) is 22.9 Å². The van der Waals surface area contributed by atoms with Crippen LogP contribution in [-0.4, -0.2) is 30.2 Å². The second-order valence-corrected chi connectivity index (χ2v) is 4.51. The molecule has 0 radical (unpaired) electrons. The summed E-state index contributed by atoms with van der Waals surface area (Å²) < 4.78 is 11.0. The molecular weight excluding hydrogens is 254 g/mol. The fraction of sp³-hybridized carbons (Fsp3) is 0.400. The largest absolute Gasteiger partial charge is 0.493 e. The third-order valence-corrected chi connectivity index (χ3v) is 2.94. The molecule has 5 heteroatoms. The molecule has 20 heavy (non-hydrogen) atoms. The van der Waals surface area contributed by atoms with Crippen LogP contribution in [0, 0.1) is 0 Å². The van der Waals surface area contributed by atoms with Crippen molar-refractivity contribution in [1.82, 2.24) is 9.97 Å². The second-order valence-electron chi connectivity index (χ2n) is 4.51. The molecule has 0 fully saturated rings. The monoisotopic (exact) mass is 275 g/mol. The van der Waals surface area contributed by atoms with Crippen LogP contribution in [0.25, 0.3) is 11.4 Å². The Labute approximate surface area is 119 Å². The van der Waals surface area contributed by atoms with Gasteiger partial charge in [-0.2, -0.15) is 0 Å². The molecule has 0 spiro atoms. The van der Waals surface area contributed by atoms with E-state index in [2.05, 4.69) is 16.9 Å². The zero-order valence-corrected chi connectivity index (χ0v) is 12.0. The van der Waals surface area contributed by atoms with Gasteiger partial charge < -0.3 is 20.2 Å². The molecule has 1 heterocycles. The maximum atomic E-state index is 5.64. The Hall–Kier alpha value is -2.01. The number of hydrogen-bond donors (Lipinski definition) is 2. The molecule has 0 saturated carbocycles. The van der Waals surface area contributed by atoms with Crippen LogP contribution in [0.3, 0.4) is 0 Å². The molecule has 1 aromatic carbocycles. The average Bonchev–Trinajstić information content (AvgIpc) is 2.94. The number of rotatable bonds is 7. The van der Waals surface area contributed by atoms with Crippen molar-refractivity contribution >= 4 is 0 Å². The van der Waals surface area contributed by atoms with Crippen LogP contribution >= 0.6 is 0 Å². The number of nitrogens with one attached hydrogen (secondary N) is 1. The van der Waals surface area contributed by atoms with Crippen molar-refractivity contribution in [3.63, 3.8) is 0 Å². The number of aromatic nitrogens is 2. The summed E-state index contributed by atoms with van der Waals surface area (Å²) in [6.45, 7) is 3.36. The van der Waals surface area contributed by atoms with Gasteiger partial charge in [0.25, 0.3) is 0 Å². The molecular formula is C15H21N3O2. The highest BCUT2D eigenvalue weighted by Crippen LogP contribution is 2.31. The van der Waals surface area contributed by atoms with Gasteiger partial charge in [0.15, 0.2) is 11.5 Å². The van der Waals surface area contributed by atoms with Crippen molar-refractivity contribution in [2.24, 2.45) is 5.73 Å². The lowest BCUT2D eigenvalue weighted by Crippen LogP contribution is -2.02. The molecule has 0 aliphatic carbocycles. The van der Waals surface area contributed by atoms with Gasteiger partial charge in [-0.3, -0.25) is 0 Å². The van der Waals surface area contributed by atoms with Crippen molar-refractivity contribution in [2.45, 2.75) is 19.8 Å². The normalized spacial score (nSPS) is 10.6. The van der Waals surface area contributed by atoms with E-state index in [9.17, 15) is 0 Å². The minimum absolute atomic E-state index is 0.606. The van der Waals surface area contributed by atoms with Gasteiger partial charge in [0.05, 0.1) is 13.7 Å². The summed E-state index contributed by atoms with van der Waals surface area (Å²) in [6, 6.07) is 5.81. The summed E-state index contributed by atoms with van der Waals surface area (Å²) in [4.78, 5) is 7.62. The maximum Gasteiger partial charge on any atom is 0.161 e. The Morgan fingerprint density at radius 2 is 2.15 bits per heavy atom. The predicted octanol–water partition coefficient (Wildman–Crippen LogP) is 2.38. The van der Waals surface area contributed by atoms with Crippen molar-refractivity contribution < 1.29 is 9.47 Å². The summed E-state index contributed by atoms with van der Waals surface area (Å²) >= 11 is 0. The highest BCUT2D eigenvalue weighted by Gasteiger charge is 2.09. The predicted molar refractivity (Wildman–Crippen MR) is 79.1 cm³/mol. The summed E-state index contributed by atoms with van der Waals surface area (Å²) in [7, 11) is 1.64. The first-order chi connectivity index (χ1) is 9.78. The number of nitrogens with zero attached hydrogens (tertiary/aromatic N) is 1. The molecule has 0 saturated heterocycles. The molecule has 0 atom stereocenters. The maximum absolute atomic E-state index is 5.64. The topological polar surface area (TPSA) is 73.2 Å². The molecule has 2 rings (SSSR count). The summed E-state index contributed by atoms with van der Waals surface area (Å²) in [5.74, 6) is 2.29. The van der Waals surface area contributed by atoms with Crippen LogP contribution in [0.15, 0.2) is 24.4 Å². The number of methoxy groups -OCH3 is 1. The van der Waals surface area contributed by atoms with E-state index < -0.39 is 0 Å². The zero-order valence-electron chi connectivity index (χ0n) is 12.0. The number of hydrogen-bond acceptors (Lipinski definition) is 4. The lowest BCUT2D eigenvalue weighted by Gasteiger charge is -2.10. The Morgan fingerprint density at radius 1 is 1.30 bits per heavy atom. The van der Waals surface area contributed by atoms with E-state index in [1.807, 2.05) is 24.4 Å². The van der Waals surface area contributed by atoms with Gasteiger partial charge in [0.1, 0.15) is 5.82 Å². The average molecular weight is 275 g/mol. The van der Waals surface area contributed by atoms with Crippen LogP contribution in [0.1, 0.15) is 19.0 Å².